The van der Waals surface area contributed by atoms with Crippen molar-refractivity contribution >= 4 is 15.7 Å². The molecule has 0 saturated heterocycles. The highest BCUT2D eigenvalue weighted by atomic mass is 32.2. The van der Waals surface area contributed by atoms with Gasteiger partial charge in [0.2, 0.25) is 0 Å². The number of hydrogen-bond acceptors (Lipinski definition) is 5. The molecule has 2 aromatic rings. The van der Waals surface area contributed by atoms with Gasteiger partial charge in [-0.1, -0.05) is 0 Å². The van der Waals surface area contributed by atoms with Gasteiger partial charge in [0, 0.05) is 18.6 Å². The summed E-state index contributed by atoms with van der Waals surface area (Å²) < 4.78 is 26.5. The molecule has 0 fully saturated rings. The molecule has 0 unspecified atom stereocenters. The molecule has 0 aliphatic rings. The average Bonchev–Trinajstić information content (AvgIpc) is 2.39. The predicted molar refractivity (Wildman–Crippen MR) is 64.0 cm³/mol. The summed E-state index contributed by atoms with van der Waals surface area (Å²) in [5, 5.41) is 8.83. The van der Waals surface area contributed by atoms with E-state index in [9.17, 15) is 8.42 Å². The first-order valence-electron chi connectivity index (χ1n) is 4.91. The Morgan fingerprint density at radius 3 is 2.56 bits per heavy atom. The highest BCUT2D eigenvalue weighted by Crippen LogP contribution is 2.16. The molecule has 0 spiro atoms. The monoisotopic (exact) mass is 260 g/mol. The quantitative estimate of drug-likeness (QED) is 0.893. The first-order chi connectivity index (χ1) is 8.63. The Morgan fingerprint density at radius 1 is 1.17 bits per heavy atom. The van der Waals surface area contributed by atoms with E-state index >= 15 is 0 Å². The minimum atomic E-state index is -3.82. The minimum absolute atomic E-state index is 0.140. The zero-order chi connectivity index (χ0) is 13.0. The van der Waals surface area contributed by atoms with Crippen LogP contribution in [0.15, 0.2) is 47.8 Å². The summed E-state index contributed by atoms with van der Waals surface area (Å²) in [7, 11) is -3.82. The van der Waals surface area contributed by atoms with Crippen LogP contribution in [-0.4, -0.2) is 18.4 Å². The van der Waals surface area contributed by atoms with Crippen molar-refractivity contribution in [1.82, 2.24) is 9.97 Å². The molecule has 0 atom stereocenters. The van der Waals surface area contributed by atoms with Crippen molar-refractivity contribution in [3.8, 4) is 6.07 Å². The van der Waals surface area contributed by atoms with Gasteiger partial charge in [-0.2, -0.15) is 5.26 Å². The largest absolute Gasteiger partial charge is 0.279 e. The molecule has 0 saturated carbocycles. The lowest BCUT2D eigenvalue weighted by Gasteiger charge is -2.07. The summed E-state index contributed by atoms with van der Waals surface area (Å²) in [6.45, 7) is 0. The third kappa shape index (κ3) is 2.44. The maximum Gasteiger partial charge on any atom is 0.264 e. The average molecular weight is 260 g/mol. The van der Waals surface area contributed by atoms with Gasteiger partial charge < -0.3 is 0 Å². The Morgan fingerprint density at radius 2 is 1.89 bits per heavy atom. The van der Waals surface area contributed by atoms with E-state index in [0.717, 1.165) is 0 Å². The molecule has 18 heavy (non-hydrogen) atoms. The number of pyridine rings is 2. The maximum atomic E-state index is 12.1. The number of sulfonamides is 1. The van der Waals surface area contributed by atoms with E-state index in [-0.39, 0.29) is 10.6 Å². The molecule has 0 bridgehead atoms. The molecule has 0 aliphatic carbocycles. The van der Waals surface area contributed by atoms with E-state index in [1.54, 1.807) is 6.07 Å². The van der Waals surface area contributed by atoms with Crippen LogP contribution in [0.4, 0.5) is 5.69 Å². The van der Waals surface area contributed by atoms with Crippen LogP contribution in [0, 0.1) is 11.3 Å². The van der Waals surface area contributed by atoms with E-state index in [4.69, 9.17) is 5.26 Å². The van der Waals surface area contributed by atoms with Gasteiger partial charge in [0.25, 0.3) is 10.0 Å². The SMILES string of the molecule is N#Cc1ncccc1S(=O)(=O)Nc1ccncc1. The van der Waals surface area contributed by atoms with Gasteiger partial charge in [-0.05, 0) is 24.3 Å². The van der Waals surface area contributed by atoms with E-state index in [1.807, 2.05) is 0 Å². The van der Waals surface area contributed by atoms with Gasteiger partial charge in [-0.15, -0.1) is 0 Å². The Bertz CT molecular complexity index is 692. The van der Waals surface area contributed by atoms with E-state index < -0.39 is 10.0 Å². The summed E-state index contributed by atoms with van der Waals surface area (Å²) in [4.78, 5) is 7.35. The Hall–Kier alpha value is -2.46. The molecule has 2 heterocycles. The third-order valence-corrected chi connectivity index (χ3v) is 3.51. The number of aromatic nitrogens is 2. The standard InChI is InChI=1S/C11H8N4O2S/c12-8-10-11(2-1-5-14-10)18(16,17)15-9-3-6-13-7-4-9/h1-7H,(H,13,15). The number of nitrogens with one attached hydrogen (secondary N) is 1. The summed E-state index contributed by atoms with van der Waals surface area (Å²) in [6.07, 6.45) is 4.29. The van der Waals surface area contributed by atoms with Gasteiger partial charge in [0.1, 0.15) is 11.0 Å². The van der Waals surface area contributed by atoms with Gasteiger partial charge in [-0.3, -0.25) is 9.71 Å². The van der Waals surface area contributed by atoms with Crippen LogP contribution in [0.3, 0.4) is 0 Å². The van der Waals surface area contributed by atoms with E-state index in [0.29, 0.717) is 5.69 Å². The third-order valence-electron chi connectivity index (χ3n) is 2.10. The highest BCUT2D eigenvalue weighted by molar-refractivity contribution is 7.92. The number of nitrogens with zero attached hydrogens (tertiary/aromatic N) is 3. The topological polar surface area (TPSA) is 95.7 Å². The van der Waals surface area contributed by atoms with Crippen LogP contribution in [-0.2, 0) is 10.0 Å². The lowest BCUT2D eigenvalue weighted by molar-refractivity contribution is 0.600. The summed E-state index contributed by atoms with van der Waals surface area (Å²) >= 11 is 0. The zero-order valence-electron chi connectivity index (χ0n) is 9.11. The molecule has 0 radical (unpaired) electrons. The summed E-state index contributed by atoms with van der Waals surface area (Å²) in [5.41, 5.74) is 0.233. The molecule has 6 nitrogen and oxygen atoms in total. The van der Waals surface area contributed by atoms with Crippen LogP contribution >= 0.6 is 0 Å². The van der Waals surface area contributed by atoms with Crippen molar-refractivity contribution in [2.75, 3.05) is 4.72 Å². The second kappa shape index (κ2) is 4.81. The van der Waals surface area contributed by atoms with Crippen molar-refractivity contribution in [2.45, 2.75) is 4.90 Å². The van der Waals surface area contributed by atoms with Crippen molar-refractivity contribution in [3.63, 3.8) is 0 Å². The number of rotatable bonds is 3. The first kappa shape index (κ1) is 12.0. The second-order valence-corrected chi connectivity index (χ2v) is 4.95. The molecule has 0 amide bonds. The minimum Gasteiger partial charge on any atom is -0.279 e. The molecular weight excluding hydrogens is 252 g/mol. The molecule has 0 aliphatic heterocycles. The number of nitriles is 1. The fourth-order valence-electron chi connectivity index (χ4n) is 1.32. The van der Waals surface area contributed by atoms with Crippen LogP contribution in [0.2, 0.25) is 0 Å². The number of anilines is 1. The molecule has 1 N–H and O–H groups in total. The summed E-state index contributed by atoms with van der Waals surface area (Å²) in [6, 6.07) is 7.56. The van der Waals surface area contributed by atoms with Gasteiger partial charge in [0.15, 0.2) is 5.69 Å². The van der Waals surface area contributed by atoms with Crippen LogP contribution in [0.25, 0.3) is 0 Å². The van der Waals surface area contributed by atoms with Crippen molar-refractivity contribution in [1.29, 1.82) is 5.26 Å². The highest BCUT2D eigenvalue weighted by Gasteiger charge is 2.19. The predicted octanol–water partition coefficient (Wildman–Crippen LogP) is 1.15. The summed E-state index contributed by atoms with van der Waals surface area (Å²) in [5.74, 6) is 0. The second-order valence-electron chi connectivity index (χ2n) is 3.30. The van der Waals surface area contributed by atoms with Gasteiger partial charge in [0.05, 0.1) is 5.69 Å². The zero-order valence-corrected chi connectivity index (χ0v) is 9.92. The fraction of sp³-hybridized carbons (Fsp3) is 0. The smallest absolute Gasteiger partial charge is 0.264 e. The fourth-order valence-corrected chi connectivity index (χ4v) is 2.49. The Labute approximate surface area is 104 Å². The van der Waals surface area contributed by atoms with Crippen molar-refractivity contribution in [2.24, 2.45) is 0 Å². The number of hydrogen-bond donors (Lipinski definition) is 1. The first-order valence-corrected chi connectivity index (χ1v) is 6.40. The van der Waals surface area contributed by atoms with Crippen LogP contribution < -0.4 is 4.72 Å². The molecule has 0 aromatic carbocycles. The van der Waals surface area contributed by atoms with Crippen molar-refractivity contribution in [3.05, 3.63) is 48.5 Å². The van der Waals surface area contributed by atoms with Gasteiger partial charge >= 0.3 is 0 Å². The Kier molecular flexibility index (Phi) is 3.21. The molecule has 2 aromatic heterocycles. The van der Waals surface area contributed by atoms with Gasteiger partial charge in [-0.25, -0.2) is 13.4 Å². The molecule has 90 valence electrons. The molecular formula is C11H8N4O2S. The van der Waals surface area contributed by atoms with Crippen LogP contribution in [0.1, 0.15) is 5.69 Å². The Balaban J connectivity index is 2.41. The normalized spacial score (nSPS) is 10.6. The maximum absolute atomic E-state index is 12.1. The van der Waals surface area contributed by atoms with Crippen LogP contribution in [0.5, 0.6) is 0 Å². The lowest BCUT2D eigenvalue weighted by Crippen LogP contribution is -2.14. The lowest BCUT2D eigenvalue weighted by atomic mass is 10.4. The molecule has 2 rings (SSSR count). The van der Waals surface area contributed by atoms with Crippen molar-refractivity contribution < 1.29 is 8.42 Å². The molecule has 7 heteroatoms. The van der Waals surface area contributed by atoms with E-state index in [1.165, 1.54) is 42.9 Å². The van der Waals surface area contributed by atoms with E-state index in [2.05, 4.69) is 14.7 Å².